The minimum atomic E-state index is -0.686. The molecule has 0 saturated carbocycles. The second kappa shape index (κ2) is 5.02. The van der Waals surface area contributed by atoms with E-state index in [0.717, 1.165) is 11.8 Å². The van der Waals surface area contributed by atoms with Gasteiger partial charge < -0.3 is 9.52 Å². The number of benzene rings is 2. The molecule has 3 rings (SSSR count). The fourth-order valence-electron chi connectivity index (χ4n) is 1.84. The third-order valence-corrected chi connectivity index (χ3v) is 3.91. The van der Waals surface area contributed by atoms with E-state index in [1.165, 1.54) is 12.1 Å². The highest BCUT2D eigenvalue weighted by Crippen LogP contribution is 2.37. The summed E-state index contributed by atoms with van der Waals surface area (Å²) < 4.78 is 18.7. The molecule has 3 aromatic rings. The highest BCUT2D eigenvalue weighted by atomic mass is 32.2. The summed E-state index contributed by atoms with van der Waals surface area (Å²) in [6.45, 7) is 0. The van der Waals surface area contributed by atoms with E-state index in [0.29, 0.717) is 11.0 Å². The van der Waals surface area contributed by atoms with Crippen molar-refractivity contribution in [2.45, 2.75) is 9.79 Å². The second-order valence-corrected chi connectivity index (χ2v) is 5.15. The summed E-state index contributed by atoms with van der Waals surface area (Å²) in [5.41, 5.74) is -0.387. The maximum absolute atomic E-state index is 13.6. The zero-order chi connectivity index (χ0) is 14.1. The predicted octanol–water partition coefficient (Wildman–Crippen LogP) is 3.79. The van der Waals surface area contributed by atoms with Crippen molar-refractivity contribution in [2.24, 2.45) is 0 Å². The molecule has 20 heavy (non-hydrogen) atoms. The van der Waals surface area contributed by atoms with E-state index < -0.39 is 11.4 Å². The molecule has 2 aromatic carbocycles. The first-order valence-electron chi connectivity index (χ1n) is 5.84. The first-order valence-corrected chi connectivity index (χ1v) is 6.65. The van der Waals surface area contributed by atoms with E-state index in [1.807, 2.05) is 0 Å². The highest BCUT2D eigenvalue weighted by Gasteiger charge is 2.16. The van der Waals surface area contributed by atoms with Gasteiger partial charge in [-0.15, -0.1) is 0 Å². The molecule has 0 unspecified atom stereocenters. The summed E-state index contributed by atoms with van der Waals surface area (Å²) in [7, 11) is 0. The first-order chi connectivity index (χ1) is 9.66. The van der Waals surface area contributed by atoms with Gasteiger partial charge in [-0.25, -0.2) is 9.18 Å². The zero-order valence-corrected chi connectivity index (χ0v) is 11.0. The molecule has 1 aromatic heterocycles. The van der Waals surface area contributed by atoms with Crippen molar-refractivity contribution in [2.75, 3.05) is 0 Å². The fraction of sp³-hybridized carbons (Fsp3) is 0. The quantitative estimate of drug-likeness (QED) is 0.729. The van der Waals surface area contributed by atoms with Crippen LogP contribution in [-0.4, -0.2) is 5.11 Å². The number of rotatable bonds is 2. The van der Waals surface area contributed by atoms with E-state index in [4.69, 9.17) is 4.42 Å². The van der Waals surface area contributed by atoms with Crippen LogP contribution in [0.3, 0.4) is 0 Å². The van der Waals surface area contributed by atoms with E-state index in [2.05, 4.69) is 0 Å². The molecular weight excluding hydrogens is 279 g/mol. The Morgan fingerprint density at radius 2 is 1.75 bits per heavy atom. The average Bonchev–Trinajstić information content (AvgIpc) is 2.45. The number of para-hydroxylation sites is 1. The highest BCUT2D eigenvalue weighted by molar-refractivity contribution is 7.99. The number of halogens is 1. The Labute approximate surface area is 117 Å². The van der Waals surface area contributed by atoms with Crippen LogP contribution >= 0.6 is 11.8 Å². The van der Waals surface area contributed by atoms with Crippen molar-refractivity contribution in [3.63, 3.8) is 0 Å². The third-order valence-electron chi connectivity index (χ3n) is 2.79. The lowest BCUT2D eigenvalue weighted by Gasteiger charge is -2.06. The maximum atomic E-state index is 13.6. The van der Waals surface area contributed by atoms with Gasteiger partial charge in [-0.05, 0) is 24.3 Å². The van der Waals surface area contributed by atoms with Crippen molar-refractivity contribution in [1.82, 2.24) is 0 Å². The Hall–Kier alpha value is -2.27. The van der Waals surface area contributed by atoms with Gasteiger partial charge in [0.1, 0.15) is 22.0 Å². The van der Waals surface area contributed by atoms with Crippen LogP contribution in [0.2, 0.25) is 0 Å². The van der Waals surface area contributed by atoms with Crippen molar-refractivity contribution in [3.8, 4) is 5.75 Å². The number of aromatic hydroxyl groups is 1. The molecule has 3 nitrogen and oxygen atoms in total. The van der Waals surface area contributed by atoms with Gasteiger partial charge in [0.25, 0.3) is 0 Å². The van der Waals surface area contributed by atoms with Crippen LogP contribution in [0.15, 0.2) is 67.5 Å². The minimum Gasteiger partial charge on any atom is -0.506 e. The smallest absolute Gasteiger partial charge is 0.354 e. The van der Waals surface area contributed by atoms with Gasteiger partial charge in [0, 0.05) is 4.90 Å². The lowest BCUT2D eigenvalue weighted by atomic mass is 10.2. The number of hydrogen-bond donors (Lipinski definition) is 1. The SMILES string of the molecule is O=c1oc2ccccc2c(O)c1Sc1ccccc1F. The molecule has 0 spiro atoms. The molecule has 0 bridgehead atoms. The second-order valence-electron chi connectivity index (χ2n) is 4.10. The lowest BCUT2D eigenvalue weighted by Crippen LogP contribution is -2.02. The van der Waals surface area contributed by atoms with Gasteiger partial charge >= 0.3 is 5.63 Å². The van der Waals surface area contributed by atoms with Crippen molar-refractivity contribution in [3.05, 3.63) is 64.8 Å². The van der Waals surface area contributed by atoms with Crippen LogP contribution in [0.4, 0.5) is 4.39 Å². The van der Waals surface area contributed by atoms with Gasteiger partial charge in [0.15, 0.2) is 0 Å². The minimum absolute atomic E-state index is 0.0196. The van der Waals surface area contributed by atoms with E-state index in [1.54, 1.807) is 36.4 Å². The molecule has 1 N–H and O–H groups in total. The molecular formula is C15H9FO3S. The van der Waals surface area contributed by atoms with E-state index in [-0.39, 0.29) is 15.5 Å². The summed E-state index contributed by atoms with van der Waals surface area (Å²) in [6, 6.07) is 12.7. The Bertz CT molecular complexity index is 842. The Balaban J connectivity index is 2.17. The van der Waals surface area contributed by atoms with Crippen LogP contribution in [0.25, 0.3) is 11.0 Å². The summed E-state index contributed by atoms with van der Waals surface area (Å²) >= 11 is 0.851. The van der Waals surface area contributed by atoms with Gasteiger partial charge in [-0.1, -0.05) is 36.0 Å². The molecule has 5 heteroatoms. The Morgan fingerprint density at radius 1 is 1.05 bits per heavy atom. The monoisotopic (exact) mass is 288 g/mol. The largest absolute Gasteiger partial charge is 0.506 e. The molecule has 0 atom stereocenters. The lowest BCUT2D eigenvalue weighted by molar-refractivity contribution is 0.447. The van der Waals surface area contributed by atoms with Crippen LogP contribution < -0.4 is 5.63 Å². The van der Waals surface area contributed by atoms with Gasteiger partial charge in [-0.3, -0.25) is 0 Å². The normalized spacial score (nSPS) is 10.8. The Morgan fingerprint density at radius 3 is 2.55 bits per heavy atom. The summed E-state index contributed by atoms with van der Waals surface area (Å²) in [5, 5.41) is 10.6. The molecule has 0 aliphatic rings. The molecule has 0 radical (unpaired) electrons. The number of fused-ring (bicyclic) bond motifs is 1. The molecule has 1 heterocycles. The molecule has 0 saturated heterocycles. The van der Waals surface area contributed by atoms with E-state index >= 15 is 0 Å². The topological polar surface area (TPSA) is 50.4 Å². The average molecular weight is 288 g/mol. The molecule has 100 valence electrons. The third kappa shape index (κ3) is 2.16. The first kappa shape index (κ1) is 12.7. The van der Waals surface area contributed by atoms with Crippen LogP contribution in [-0.2, 0) is 0 Å². The molecule has 0 fully saturated rings. The van der Waals surface area contributed by atoms with Crippen LogP contribution in [0.1, 0.15) is 0 Å². The standard InChI is InChI=1S/C15H9FO3S/c16-10-6-2-4-8-12(10)20-14-13(17)9-5-1-3-7-11(9)19-15(14)18/h1-8,17H. The summed E-state index contributed by atoms with van der Waals surface area (Å²) in [5.74, 6) is -0.644. The summed E-state index contributed by atoms with van der Waals surface area (Å²) in [4.78, 5) is 12.1. The summed E-state index contributed by atoms with van der Waals surface area (Å²) in [6.07, 6.45) is 0. The van der Waals surface area contributed by atoms with Crippen molar-refractivity contribution >= 4 is 22.7 Å². The molecule has 0 aliphatic heterocycles. The van der Waals surface area contributed by atoms with Crippen LogP contribution in [0, 0.1) is 5.82 Å². The Kier molecular flexibility index (Phi) is 3.20. The predicted molar refractivity (Wildman–Crippen MR) is 74.7 cm³/mol. The van der Waals surface area contributed by atoms with E-state index in [9.17, 15) is 14.3 Å². The van der Waals surface area contributed by atoms with Gasteiger partial charge in [-0.2, -0.15) is 0 Å². The maximum Gasteiger partial charge on any atom is 0.354 e. The van der Waals surface area contributed by atoms with Gasteiger partial charge in [0.2, 0.25) is 0 Å². The zero-order valence-electron chi connectivity index (χ0n) is 10.2. The van der Waals surface area contributed by atoms with Crippen molar-refractivity contribution < 1.29 is 13.9 Å². The number of hydrogen-bond acceptors (Lipinski definition) is 4. The van der Waals surface area contributed by atoms with Crippen molar-refractivity contribution in [1.29, 1.82) is 0 Å². The van der Waals surface area contributed by atoms with Crippen LogP contribution in [0.5, 0.6) is 5.75 Å². The molecule has 0 aliphatic carbocycles. The molecule has 0 amide bonds. The van der Waals surface area contributed by atoms with Gasteiger partial charge in [0.05, 0.1) is 5.39 Å². The fourth-order valence-corrected chi connectivity index (χ4v) is 2.71.